The van der Waals surface area contributed by atoms with Gasteiger partial charge >= 0.3 is 0 Å². The van der Waals surface area contributed by atoms with Crippen molar-refractivity contribution in [2.24, 2.45) is 0 Å². The van der Waals surface area contributed by atoms with Crippen LogP contribution in [0.2, 0.25) is 0 Å². The van der Waals surface area contributed by atoms with Crippen molar-refractivity contribution in [3.8, 4) is 0 Å². The van der Waals surface area contributed by atoms with Crippen molar-refractivity contribution in [1.29, 1.82) is 0 Å². The van der Waals surface area contributed by atoms with Crippen molar-refractivity contribution < 1.29 is 4.74 Å². The average molecular weight is 248 g/mol. The Kier molecular flexibility index (Phi) is 5.02. The molecule has 1 fully saturated rings. The summed E-state index contributed by atoms with van der Waals surface area (Å²) in [5.74, 6) is 0. The van der Waals surface area contributed by atoms with Crippen LogP contribution in [0.4, 0.5) is 5.69 Å². The highest BCUT2D eigenvalue weighted by Crippen LogP contribution is 2.26. The molecule has 0 amide bonds. The monoisotopic (exact) mass is 248 g/mol. The standard InChI is InChI=1S/C15H24N2O/c1-3-16-13(2)14-7-4-5-8-15(14)17-9-6-11-18-12-10-17/h4-5,7-8,13,16H,3,6,9-12H2,1-2H3. The van der Waals surface area contributed by atoms with E-state index in [1.54, 1.807) is 0 Å². The Morgan fingerprint density at radius 3 is 2.94 bits per heavy atom. The topological polar surface area (TPSA) is 24.5 Å². The first-order chi connectivity index (χ1) is 8.83. The van der Waals surface area contributed by atoms with Gasteiger partial charge in [0.05, 0.1) is 6.61 Å². The van der Waals surface area contributed by atoms with Gasteiger partial charge in [-0.05, 0) is 31.5 Å². The van der Waals surface area contributed by atoms with Crippen molar-refractivity contribution in [2.45, 2.75) is 26.3 Å². The molecule has 0 bridgehead atoms. The fourth-order valence-corrected chi connectivity index (χ4v) is 2.54. The van der Waals surface area contributed by atoms with Crippen LogP contribution in [0.15, 0.2) is 24.3 Å². The van der Waals surface area contributed by atoms with Crippen LogP contribution in [0, 0.1) is 0 Å². The molecule has 1 aliphatic rings. The normalized spacial score (nSPS) is 18.4. The van der Waals surface area contributed by atoms with Crippen molar-refractivity contribution >= 4 is 5.69 Å². The summed E-state index contributed by atoms with van der Waals surface area (Å²) in [7, 11) is 0. The van der Waals surface area contributed by atoms with Crippen LogP contribution in [-0.4, -0.2) is 32.8 Å². The fraction of sp³-hybridized carbons (Fsp3) is 0.600. The van der Waals surface area contributed by atoms with E-state index in [-0.39, 0.29) is 0 Å². The Morgan fingerprint density at radius 2 is 2.11 bits per heavy atom. The van der Waals surface area contributed by atoms with E-state index in [1.165, 1.54) is 11.3 Å². The van der Waals surface area contributed by atoms with Gasteiger partial charge in [-0.1, -0.05) is 25.1 Å². The van der Waals surface area contributed by atoms with E-state index < -0.39 is 0 Å². The molecule has 100 valence electrons. The van der Waals surface area contributed by atoms with Gasteiger partial charge in [0.15, 0.2) is 0 Å². The molecule has 1 atom stereocenters. The van der Waals surface area contributed by atoms with Crippen molar-refractivity contribution in [3.63, 3.8) is 0 Å². The quantitative estimate of drug-likeness (QED) is 0.886. The largest absolute Gasteiger partial charge is 0.380 e. The van der Waals surface area contributed by atoms with Crippen LogP contribution in [0.25, 0.3) is 0 Å². The van der Waals surface area contributed by atoms with Crippen molar-refractivity contribution in [3.05, 3.63) is 29.8 Å². The number of ether oxygens (including phenoxy) is 1. The maximum Gasteiger partial charge on any atom is 0.0641 e. The zero-order valence-corrected chi connectivity index (χ0v) is 11.5. The highest BCUT2D eigenvalue weighted by Gasteiger charge is 2.16. The molecule has 0 saturated carbocycles. The molecule has 18 heavy (non-hydrogen) atoms. The number of hydrogen-bond acceptors (Lipinski definition) is 3. The SMILES string of the molecule is CCNC(C)c1ccccc1N1CCCOCC1. The molecule has 1 N–H and O–H groups in total. The molecule has 0 aromatic heterocycles. The van der Waals surface area contributed by atoms with E-state index in [0.717, 1.165) is 39.3 Å². The summed E-state index contributed by atoms with van der Waals surface area (Å²) in [4.78, 5) is 2.45. The smallest absolute Gasteiger partial charge is 0.0641 e. The first-order valence-electron chi connectivity index (χ1n) is 6.98. The summed E-state index contributed by atoms with van der Waals surface area (Å²) in [6.45, 7) is 9.20. The third kappa shape index (κ3) is 3.24. The summed E-state index contributed by atoms with van der Waals surface area (Å²) in [6, 6.07) is 9.11. The molecule has 1 aromatic rings. The molecule has 1 heterocycles. The van der Waals surface area contributed by atoms with E-state index in [0.29, 0.717) is 6.04 Å². The van der Waals surface area contributed by atoms with Crippen LogP contribution >= 0.6 is 0 Å². The second-order valence-electron chi connectivity index (χ2n) is 4.79. The Balaban J connectivity index is 2.19. The van der Waals surface area contributed by atoms with Gasteiger partial charge in [0.2, 0.25) is 0 Å². The summed E-state index contributed by atoms with van der Waals surface area (Å²) in [6.07, 6.45) is 1.12. The Bertz CT molecular complexity index is 359. The van der Waals surface area contributed by atoms with E-state index >= 15 is 0 Å². The van der Waals surface area contributed by atoms with Gasteiger partial charge in [-0.2, -0.15) is 0 Å². The first kappa shape index (κ1) is 13.4. The van der Waals surface area contributed by atoms with E-state index in [2.05, 4.69) is 48.3 Å². The molecule has 1 aliphatic heterocycles. The van der Waals surface area contributed by atoms with Crippen molar-refractivity contribution in [2.75, 3.05) is 37.7 Å². The molecular formula is C15H24N2O. The second-order valence-corrected chi connectivity index (χ2v) is 4.79. The number of nitrogens with one attached hydrogen (secondary N) is 1. The maximum absolute atomic E-state index is 5.54. The van der Waals surface area contributed by atoms with Crippen molar-refractivity contribution in [1.82, 2.24) is 5.32 Å². The predicted molar refractivity (Wildman–Crippen MR) is 76.2 cm³/mol. The van der Waals surface area contributed by atoms with Gasteiger partial charge in [-0.3, -0.25) is 0 Å². The number of benzene rings is 1. The molecular weight excluding hydrogens is 224 g/mol. The lowest BCUT2D eigenvalue weighted by molar-refractivity contribution is 0.152. The molecule has 0 radical (unpaired) electrons. The molecule has 1 saturated heterocycles. The van der Waals surface area contributed by atoms with Crippen LogP contribution in [0.3, 0.4) is 0 Å². The molecule has 1 unspecified atom stereocenters. The molecule has 3 nitrogen and oxygen atoms in total. The number of rotatable bonds is 4. The van der Waals surface area contributed by atoms with Crippen LogP contribution < -0.4 is 10.2 Å². The zero-order valence-electron chi connectivity index (χ0n) is 11.5. The maximum atomic E-state index is 5.54. The van der Waals surface area contributed by atoms with Crippen LogP contribution in [0.1, 0.15) is 31.9 Å². The number of nitrogens with zero attached hydrogens (tertiary/aromatic N) is 1. The van der Waals surface area contributed by atoms with Gasteiger partial charge in [0, 0.05) is 31.4 Å². The number of para-hydroxylation sites is 1. The Hall–Kier alpha value is -1.06. The number of hydrogen-bond donors (Lipinski definition) is 1. The van der Waals surface area contributed by atoms with Crippen LogP contribution in [0.5, 0.6) is 0 Å². The minimum absolute atomic E-state index is 0.398. The molecule has 0 aliphatic carbocycles. The lowest BCUT2D eigenvalue weighted by Gasteiger charge is -2.27. The van der Waals surface area contributed by atoms with E-state index in [4.69, 9.17) is 4.74 Å². The molecule has 0 spiro atoms. The molecule has 3 heteroatoms. The predicted octanol–water partition coefficient (Wildman–Crippen LogP) is 2.58. The second kappa shape index (κ2) is 6.76. The summed E-state index contributed by atoms with van der Waals surface area (Å²) >= 11 is 0. The average Bonchev–Trinajstić information content (AvgIpc) is 2.68. The fourth-order valence-electron chi connectivity index (χ4n) is 2.54. The highest BCUT2D eigenvalue weighted by atomic mass is 16.5. The number of anilines is 1. The van der Waals surface area contributed by atoms with Gasteiger partial charge in [0.25, 0.3) is 0 Å². The van der Waals surface area contributed by atoms with E-state index in [1.807, 2.05) is 0 Å². The van der Waals surface area contributed by atoms with Gasteiger partial charge in [-0.25, -0.2) is 0 Å². The van der Waals surface area contributed by atoms with Gasteiger partial charge in [0.1, 0.15) is 0 Å². The molecule has 2 rings (SSSR count). The third-order valence-corrected chi connectivity index (χ3v) is 3.48. The lowest BCUT2D eigenvalue weighted by Crippen LogP contribution is -2.28. The van der Waals surface area contributed by atoms with Gasteiger partial charge < -0.3 is 15.0 Å². The van der Waals surface area contributed by atoms with Crippen LogP contribution in [-0.2, 0) is 4.74 Å². The Labute approximate surface area is 110 Å². The van der Waals surface area contributed by atoms with E-state index in [9.17, 15) is 0 Å². The Morgan fingerprint density at radius 1 is 1.28 bits per heavy atom. The summed E-state index contributed by atoms with van der Waals surface area (Å²) < 4.78 is 5.54. The first-order valence-corrected chi connectivity index (χ1v) is 6.98. The molecule has 1 aromatic carbocycles. The zero-order chi connectivity index (χ0) is 12.8. The highest BCUT2D eigenvalue weighted by molar-refractivity contribution is 5.55. The minimum atomic E-state index is 0.398. The third-order valence-electron chi connectivity index (χ3n) is 3.48. The lowest BCUT2D eigenvalue weighted by atomic mass is 10.0. The van der Waals surface area contributed by atoms with Gasteiger partial charge in [-0.15, -0.1) is 0 Å². The summed E-state index contributed by atoms with van der Waals surface area (Å²) in [5.41, 5.74) is 2.75. The summed E-state index contributed by atoms with van der Waals surface area (Å²) in [5, 5.41) is 3.50. The minimum Gasteiger partial charge on any atom is -0.380 e.